The van der Waals surface area contributed by atoms with Crippen LogP contribution in [0.1, 0.15) is 24.5 Å². The molecule has 144 valence electrons. The number of rotatable bonds is 10. The maximum absolute atomic E-state index is 11.7. The normalized spacial score (nSPS) is 10.1. The molecule has 2 aromatic carbocycles. The molecule has 0 fully saturated rings. The molecule has 0 aliphatic carbocycles. The number of nitrogens with one attached hydrogen (secondary N) is 2. The lowest BCUT2D eigenvalue weighted by molar-refractivity contribution is -0.120. The number of amides is 2. The molecule has 0 aliphatic rings. The third-order valence-electron chi connectivity index (χ3n) is 3.80. The van der Waals surface area contributed by atoms with Crippen LogP contribution < -0.4 is 15.4 Å². The molecule has 0 radical (unpaired) electrons. The number of carbonyl (C=O) groups is 2. The molecule has 2 rings (SSSR count). The van der Waals surface area contributed by atoms with E-state index in [4.69, 9.17) is 9.47 Å². The molecule has 27 heavy (non-hydrogen) atoms. The molecular formula is C21H26N2O4. The van der Waals surface area contributed by atoms with E-state index < -0.39 is 6.09 Å². The molecular weight excluding hydrogens is 344 g/mol. The SMILES string of the molecule is CCOC(=O)NCCC(=O)NCCc1ccc(OCc2ccccc2)cc1. The summed E-state index contributed by atoms with van der Waals surface area (Å²) in [6.07, 6.45) is 0.459. The van der Waals surface area contributed by atoms with Gasteiger partial charge in [0.2, 0.25) is 5.91 Å². The predicted octanol–water partition coefficient (Wildman–Crippen LogP) is 3.06. The molecule has 2 amide bonds. The fourth-order valence-corrected chi connectivity index (χ4v) is 2.39. The van der Waals surface area contributed by atoms with Crippen molar-refractivity contribution in [3.8, 4) is 5.75 Å². The first kappa shape index (κ1) is 20.3. The van der Waals surface area contributed by atoms with Gasteiger partial charge in [0.15, 0.2) is 0 Å². The van der Waals surface area contributed by atoms with Crippen LogP contribution in [0.15, 0.2) is 54.6 Å². The fourth-order valence-electron chi connectivity index (χ4n) is 2.39. The number of carbonyl (C=O) groups excluding carboxylic acids is 2. The molecule has 0 heterocycles. The second-order valence-corrected chi connectivity index (χ2v) is 5.92. The van der Waals surface area contributed by atoms with Gasteiger partial charge in [0.1, 0.15) is 12.4 Å². The molecule has 2 N–H and O–H groups in total. The Morgan fingerprint density at radius 1 is 0.889 bits per heavy atom. The van der Waals surface area contributed by atoms with Gasteiger partial charge in [0.25, 0.3) is 0 Å². The zero-order chi connectivity index (χ0) is 19.3. The molecule has 0 spiro atoms. The largest absolute Gasteiger partial charge is 0.489 e. The van der Waals surface area contributed by atoms with Crippen molar-refractivity contribution in [1.29, 1.82) is 0 Å². The second-order valence-electron chi connectivity index (χ2n) is 5.92. The summed E-state index contributed by atoms with van der Waals surface area (Å²) in [5, 5.41) is 5.35. The van der Waals surface area contributed by atoms with Gasteiger partial charge in [-0.3, -0.25) is 4.79 Å². The summed E-state index contributed by atoms with van der Waals surface area (Å²) in [6, 6.07) is 17.9. The monoisotopic (exact) mass is 370 g/mol. The Morgan fingerprint density at radius 3 is 2.33 bits per heavy atom. The minimum Gasteiger partial charge on any atom is -0.489 e. The van der Waals surface area contributed by atoms with Crippen molar-refractivity contribution in [3.05, 3.63) is 65.7 Å². The molecule has 0 aliphatic heterocycles. The fraction of sp³-hybridized carbons (Fsp3) is 0.333. The third-order valence-corrected chi connectivity index (χ3v) is 3.80. The van der Waals surface area contributed by atoms with E-state index in [1.807, 2.05) is 54.6 Å². The lowest BCUT2D eigenvalue weighted by Gasteiger charge is -2.09. The van der Waals surface area contributed by atoms with Gasteiger partial charge in [0, 0.05) is 19.5 Å². The van der Waals surface area contributed by atoms with Crippen LogP contribution in [0.25, 0.3) is 0 Å². The number of alkyl carbamates (subject to hydrolysis) is 1. The summed E-state index contributed by atoms with van der Waals surface area (Å²) >= 11 is 0. The van der Waals surface area contributed by atoms with Crippen LogP contribution in [0, 0.1) is 0 Å². The van der Waals surface area contributed by atoms with Gasteiger partial charge in [-0.25, -0.2) is 4.79 Å². The number of ether oxygens (including phenoxy) is 2. The van der Waals surface area contributed by atoms with E-state index in [1.165, 1.54) is 0 Å². The smallest absolute Gasteiger partial charge is 0.407 e. The van der Waals surface area contributed by atoms with Gasteiger partial charge >= 0.3 is 6.09 Å². The summed E-state index contributed by atoms with van der Waals surface area (Å²) in [7, 11) is 0. The van der Waals surface area contributed by atoms with Crippen molar-refractivity contribution in [2.45, 2.75) is 26.4 Å². The van der Waals surface area contributed by atoms with Crippen LogP contribution in [-0.4, -0.2) is 31.7 Å². The van der Waals surface area contributed by atoms with E-state index >= 15 is 0 Å². The highest BCUT2D eigenvalue weighted by Gasteiger charge is 2.04. The van der Waals surface area contributed by atoms with Crippen molar-refractivity contribution in [3.63, 3.8) is 0 Å². The molecule has 6 heteroatoms. The lowest BCUT2D eigenvalue weighted by atomic mass is 10.1. The Bertz CT molecular complexity index is 702. The topological polar surface area (TPSA) is 76.7 Å². The standard InChI is InChI=1S/C21H26N2O4/c1-2-26-21(25)23-15-13-20(24)22-14-12-17-8-10-19(11-9-17)27-16-18-6-4-3-5-7-18/h3-11H,2,12-16H2,1H3,(H,22,24)(H,23,25). The summed E-state index contributed by atoms with van der Waals surface area (Å²) < 4.78 is 10.5. The number of hydrogen-bond acceptors (Lipinski definition) is 4. The molecule has 0 saturated carbocycles. The van der Waals surface area contributed by atoms with Gasteiger partial charge in [-0.15, -0.1) is 0 Å². The van der Waals surface area contributed by atoms with Gasteiger partial charge in [-0.2, -0.15) is 0 Å². The highest BCUT2D eigenvalue weighted by Crippen LogP contribution is 2.14. The molecule has 6 nitrogen and oxygen atoms in total. The van der Waals surface area contributed by atoms with Crippen LogP contribution in [0.3, 0.4) is 0 Å². The van der Waals surface area contributed by atoms with E-state index in [9.17, 15) is 9.59 Å². The average Bonchev–Trinajstić information content (AvgIpc) is 2.68. The van der Waals surface area contributed by atoms with E-state index in [0.717, 1.165) is 23.3 Å². The molecule has 0 saturated heterocycles. The Labute approximate surface area is 159 Å². The van der Waals surface area contributed by atoms with Gasteiger partial charge in [-0.1, -0.05) is 42.5 Å². The van der Waals surface area contributed by atoms with E-state index in [0.29, 0.717) is 19.8 Å². The van der Waals surface area contributed by atoms with Crippen LogP contribution >= 0.6 is 0 Å². The van der Waals surface area contributed by atoms with Crippen LogP contribution in [-0.2, 0) is 22.6 Å². The first-order valence-electron chi connectivity index (χ1n) is 9.10. The number of hydrogen-bond donors (Lipinski definition) is 2. The Hall–Kier alpha value is -3.02. The lowest BCUT2D eigenvalue weighted by Crippen LogP contribution is -2.31. The number of benzene rings is 2. The Kier molecular flexibility index (Phi) is 8.69. The minimum atomic E-state index is -0.500. The summed E-state index contributed by atoms with van der Waals surface area (Å²) in [5.74, 6) is 0.714. The zero-order valence-electron chi connectivity index (χ0n) is 15.6. The van der Waals surface area contributed by atoms with E-state index in [2.05, 4.69) is 10.6 Å². The first-order valence-corrected chi connectivity index (χ1v) is 9.10. The van der Waals surface area contributed by atoms with Gasteiger partial charge < -0.3 is 20.1 Å². The van der Waals surface area contributed by atoms with Crippen molar-refractivity contribution < 1.29 is 19.1 Å². The molecule has 0 aromatic heterocycles. The second kappa shape index (κ2) is 11.6. The highest BCUT2D eigenvalue weighted by atomic mass is 16.5. The van der Waals surface area contributed by atoms with Crippen molar-refractivity contribution in [2.24, 2.45) is 0 Å². The molecule has 2 aromatic rings. The molecule has 0 bridgehead atoms. The maximum atomic E-state index is 11.7. The van der Waals surface area contributed by atoms with Crippen molar-refractivity contribution in [2.75, 3.05) is 19.7 Å². The van der Waals surface area contributed by atoms with E-state index in [1.54, 1.807) is 6.92 Å². The summed E-state index contributed by atoms with van der Waals surface area (Å²) in [4.78, 5) is 22.8. The van der Waals surface area contributed by atoms with Crippen LogP contribution in [0.5, 0.6) is 5.75 Å². The molecule has 0 unspecified atom stereocenters. The summed E-state index contributed by atoms with van der Waals surface area (Å²) in [5.41, 5.74) is 2.24. The van der Waals surface area contributed by atoms with Crippen LogP contribution in [0.2, 0.25) is 0 Å². The predicted molar refractivity (Wildman–Crippen MR) is 104 cm³/mol. The highest BCUT2D eigenvalue weighted by molar-refractivity contribution is 5.76. The van der Waals surface area contributed by atoms with Crippen molar-refractivity contribution in [1.82, 2.24) is 10.6 Å². The van der Waals surface area contributed by atoms with Gasteiger partial charge in [-0.05, 0) is 36.6 Å². The minimum absolute atomic E-state index is 0.102. The van der Waals surface area contributed by atoms with E-state index in [-0.39, 0.29) is 18.9 Å². The van der Waals surface area contributed by atoms with Crippen molar-refractivity contribution >= 4 is 12.0 Å². The zero-order valence-corrected chi connectivity index (χ0v) is 15.6. The first-order chi connectivity index (χ1) is 13.2. The summed E-state index contributed by atoms with van der Waals surface area (Å²) in [6.45, 7) is 3.39. The van der Waals surface area contributed by atoms with Gasteiger partial charge in [0.05, 0.1) is 6.61 Å². The maximum Gasteiger partial charge on any atom is 0.407 e. The average molecular weight is 370 g/mol. The third kappa shape index (κ3) is 8.27. The van der Waals surface area contributed by atoms with Crippen LogP contribution in [0.4, 0.5) is 4.79 Å². The molecule has 0 atom stereocenters. The Morgan fingerprint density at radius 2 is 1.63 bits per heavy atom. The quantitative estimate of drug-likeness (QED) is 0.674. The Balaban J connectivity index is 1.62.